The second-order valence-electron chi connectivity index (χ2n) is 3.14. The van der Waals surface area contributed by atoms with Gasteiger partial charge in [0, 0.05) is 23.4 Å². The molecule has 0 atom stereocenters. The molecule has 16 heavy (non-hydrogen) atoms. The lowest BCUT2D eigenvalue weighted by molar-refractivity contribution is 0.447. The van der Waals surface area contributed by atoms with E-state index in [9.17, 15) is 8.42 Å². The van der Waals surface area contributed by atoms with Crippen LogP contribution in [0.4, 0.5) is 0 Å². The monoisotopic (exact) mass is 325 g/mol. The SMILES string of the molecule is CCN(CCCl)S(=O)(=O)c1cccc(Br)c1. The Morgan fingerprint density at radius 2 is 2.12 bits per heavy atom. The summed E-state index contributed by atoms with van der Waals surface area (Å²) >= 11 is 8.84. The Kier molecular flexibility index (Phi) is 5.24. The second kappa shape index (κ2) is 6.00. The highest BCUT2D eigenvalue weighted by Crippen LogP contribution is 2.19. The number of halogens is 2. The van der Waals surface area contributed by atoms with Gasteiger partial charge in [0.1, 0.15) is 0 Å². The lowest BCUT2D eigenvalue weighted by Crippen LogP contribution is -2.32. The Morgan fingerprint density at radius 3 is 2.62 bits per heavy atom. The van der Waals surface area contributed by atoms with Crippen LogP contribution in [0.2, 0.25) is 0 Å². The molecule has 0 spiro atoms. The third-order valence-electron chi connectivity index (χ3n) is 2.12. The zero-order valence-electron chi connectivity index (χ0n) is 8.86. The van der Waals surface area contributed by atoms with Crippen molar-refractivity contribution in [2.45, 2.75) is 11.8 Å². The Hall–Kier alpha value is -0.100. The fourth-order valence-corrected chi connectivity index (χ4v) is 3.67. The van der Waals surface area contributed by atoms with Gasteiger partial charge in [-0.1, -0.05) is 28.9 Å². The normalized spacial score (nSPS) is 12.0. The van der Waals surface area contributed by atoms with Crippen LogP contribution in [-0.2, 0) is 10.0 Å². The molecule has 0 aliphatic heterocycles. The third kappa shape index (κ3) is 3.20. The lowest BCUT2D eigenvalue weighted by atomic mass is 10.4. The van der Waals surface area contributed by atoms with Gasteiger partial charge in [0.25, 0.3) is 0 Å². The highest BCUT2D eigenvalue weighted by atomic mass is 79.9. The first-order valence-electron chi connectivity index (χ1n) is 4.84. The standard InChI is InChI=1S/C10H13BrClNO2S/c1-2-13(7-6-12)16(14,15)10-5-3-4-9(11)8-10/h3-5,8H,2,6-7H2,1H3. The molecule has 0 N–H and O–H groups in total. The second-order valence-corrected chi connectivity index (χ2v) is 6.37. The average molecular weight is 327 g/mol. The summed E-state index contributed by atoms with van der Waals surface area (Å²) in [4.78, 5) is 0.286. The largest absolute Gasteiger partial charge is 0.243 e. The first-order chi connectivity index (χ1) is 7.52. The number of benzene rings is 1. The predicted molar refractivity (Wildman–Crippen MR) is 69.3 cm³/mol. The quantitative estimate of drug-likeness (QED) is 0.780. The number of rotatable bonds is 5. The maximum atomic E-state index is 12.2. The van der Waals surface area contributed by atoms with Crippen molar-refractivity contribution < 1.29 is 8.42 Å². The molecule has 0 bridgehead atoms. The smallest absolute Gasteiger partial charge is 0.207 e. The fourth-order valence-electron chi connectivity index (χ4n) is 1.32. The third-order valence-corrected chi connectivity index (χ3v) is 4.75. The molecule has 1 rings (SSSR count). The number of alkyl halides is 1. The van der Waals surface area contributed by atoms with Crippen molar-refractivity contribution in [2.24, 2.45) is 0 Å². The Labute approximate surface area is 110 Å². The summed E-state index contributed by atoms with van der Waals surface area (Å²) in [6.45, 7) is 2.54. The minimum Gasteiger partial charge on any atom is -0.207 e. The average Bonchev–Trinajstić information content (AvgIpc) is 2.25. The van der Waals surface area contributed by atoms with Crippen LogP contribution in [0.15, 0.2) is 33.6 Å². The van der Waals surface area contributed by atoms with Crippen LogP contribution in [0, 0.1) is 0 Å². The molecule has 0 saturated heterocycles. The van der Waals surface area contributed by atoms with Crippen molar-refractivity contribution >= 4 is 37.6 Å². The van der Waals surface area contributed by atoms with E-state index in [2.05, 4.69) is 15.9 Å². The molecule has 0 saturated carbocycles. The molecule has 0 fully saturated rings. The van der Waals surface area contributed by atoms with Crippen LogP contribution in [-0.4, -0.2) is 31.7 Å². The minimum absolute atomic E-state index is 0.286. The minimum atomic E-state index is -3.42. The van der Waals surface area contributed by atoms with Crippen LogP contribution in [0.25, 0.3) is 0 Å². The van der Waals surface area contributed by atoms with Gasteiger partial charge < -0.3 is 0 Å². The maximum Gasteiger partial charge on any atom is 0.243 e. The number of hydrogen-bond donors (Lipinski definition) is 0. The van der Waals surface area contributed by atoms with Crippen LogP contribution < -0.4 is 0 Å². The van der Waals surface area contributed by atoms with Crippen LogP contribution >= 0.6 is 27.5 Å². The van der Waals surface area contributed by atoms with E-state index >= 15 is 0 Å². The van der Waals surface area contributed by atoms with Gasteiger partial charge in [0.15, 0.2) is 0 Å². The van der Waals surface area contributed by atoms with E-state index in [1.807, 2.05) is 0 Å². The van der Waals surface area contributed by atoms with Crippen molar-refractivity contribution in [2.75, 3.05) is 19.0 Å². The summed E-state index contributed by atoms with van der Waals surface area (Å²) in [7, 11) is -3.42. The predicted octanol–water partition coefficient (Wildman–Crippen LogP) is 2.70. The Bertz CT molecular complexity index is 450. The van der Waals surface area contributed by atoms with Gasteiger partial charge in [-0.05, 0) is 18.2 Å². The molecule has 1 aromatic carbocycles. The van der Waals surface area contributed by atoms with Crippen molar-refractivity contribution in [1.29, 1.82) is 0 Å². The highest BCUT2D eigenvalue weighted by molar-refractivity contribution is 9.10. The summed E-state index contributed by atoms with van der Waals surface area (Å²) in [5, 5.41) is 0. The van der Waals surface area contributed by atoms with E-state index in [-0.39, 0.29) is 4.90 Å². The molecule has 0 aliphatic rings. The summed E-state index contributed by atoms with van der Waals surface area (Å²) in [5.74, 6) is 0.293. The first kappa shape index (κ1) is 14.0. The zero-order valence-corrected chi connectivity index (χ0v) is 12.0. The van der Waals surface area contributed by atoms with Crippen LogP contribution in [0.5, 0.6) is 0 Å². The first-order valence-corrected chi connectivity index (χ1v) is 7.60. The van der Waals surface area contributed by atoms with E-state index in [0.29, 0.717) is 19.0 Å². The van der Waals surface area contributed by atoms with Crippen LogP contribution in [0.1, 0.15) is 6.92 Å². The number of nitrogens with zero attached hydrogens (tertiary/aromatic N) is 1. The van der Waals surface area contributed by atoms with Gasteiger partial charge in [0.05, 0.1) is 4.90 Å². The van der Waals surface area contributed by atoms with Crippen molar-refractivity contribution in [3.63, 3.8) is 0 Å². The molecular formula is C10H13BrClNO2S. The zero-order chi connectivity index (χ0) is 12.2. The molecule has 0 aromatic heterocycles. The van der Waals surface area contributed by atoms with Crippen molar-refractivity contribution in [3.8, 4) is 0 Å². The topological polar surface area (TPSA) is 37.4 Å². The lowest BCUT2D eigenvalue weighted by Gasteiger charge is -2.19. The van der Waals surface area contributed by atoms with Gasteiger partial charge in [0.2, 0.25) is 10.0 Å². The molecule has 0 amide bonds. The van der Waals surface area contributed by atoms with E-state index in [0.717, 1.165) is 4.47 Å². The summed E-state index contributed by atoms with van der Waals surface area (Å²) in [5.41, 5.74) is 0. The maximum absolute atomic E-state index is 12.2. The van der Waals surface area contributed by atoms with E-state index in [1.165, 1.54) is 4.31 Å². The fraction of sp³-hybridized carbons (Fsp3) is 0.400. The molecule has 0 unspecified atom stereocenters. The molecule has 0 aliphatic carbocycles. The molecule has 0 radical (unpaired) electrons. The Morgan fingerprint density at radius 1 is 1.44 bits per heavy atom. The van der Waals surface area contributed by atoms with Gasteiger partial charge in [-0.3, -0.25) is 0 Å². The Balaban J connectivity index is 3.09. The molecule has 6 heteroatoms. The van der Waals surface area contributed by atoms with E-state index in [1.54, 1.807) is 31.2 Å². The van der Waals surface area contributed by atoms with E-state index < -0.39 is 10.0 Å². The molecule has 3 nitrogen and oxygen atoms in total. The number of sulfonamides is 1. The van der Waals surface area contributed by atoms with E-state index in [4.69, 9.17) is 11.6 Å². The molecule has 90 valence electrons. The van der Waals surface area contributed by atoms with Gasteiger partial charge in [-0.25, -0.2) is 8.42 Å². The summed E-state index contributed by atoms with van der Waals surface area (Å²) in [6.07, 6.45) is 0. The summed E-state index contributed by atoms with van der Waals surface area (Å²) in [6, 6.07) is 6.66. The molecule has 1 aromatic rings. The van der Waals surface area contributed by atoms with Crippen molar-refractivity contribution in [1.82, 2.24) is 4.31 Å². The van der Waals surface area contributed by atoms with Gasteiger partial charge in [-0.15, -0.1) is 11.6 Å². The highest BCUT2D eigenvalue weighted by Gasteiger charge is 2.22. The van der Waals surface area contributed by atoms with Gasteiger partial charge >= 0.3 is 0 Å². The summed E-state index contributed by atoms with van der Waals surface area (Å²) < 4.78 is 26.4. The van der Waals surface area contributed by atoms with Crippen molar-refractivity contribution in [3.05, 3.63) is 28.7 Å². The molecular weight excluding hydrogens is 314 g/mol. The number of hydrogen-bond acceptors (Lipinski definition) is 2. The van der Waals surface area contributed by atoms with Gasteiger partial charge in [-0.2, -0.15) is 4.31 Å². The van der Waals surface area contributed by atoms with Crippen LogP contribution in [0.3, 0.4) is 0 Å². The molecule has 0 heterocycles.